The summed E-state index contributed by atoms with van der Waals surface area (Å²) < 4.78 is 19.1. The van der Waals surface area contributed by atoms with Crippen molar-refractivity contribution in [2.45, 2.75) is 19.9 Å². The van der Waals surface area contributed by atoms with E-state index in [9.17, 15) is 4.39 Å². The molecule has 0 amide bonds. The van der Waals surface area contributed by atoms with Crippen molar-refractivity contribution in [3.63, 3.8) is 0 Å². The average molecular weight is 332 g/mol. The van der Waals surface area contributed by atoms with Gasteiger partial charge in [-0.3, -0.25) is 0 Å². The zero-order valence-corrected chi connectivity index (χ0v) is 12.5. The summed E-state index contributed by atoms with van der Waals surface area (Å²) in [7, 11) is 0. The van der Waals surface area contributed by atoms with Crippen molar-refractivity contribution in [1.29, 1.82) is 0 Å². The van der Waals surface area contributed by atoms with E-state index in [0.29, 0.717) is 25.7 Å². The van der Waals surface area contributed by atoms with Crippen LogP contribution in [0.4, 0.5) is 4.39 Å². The van der Waals surface area contributed by atoms with E-state index in [4.69, 9.17) is 10.5 Å². The Morgan fingerprint density at radius 1 is 1.53 bits per heavy atom. The lowest BCUT2D eigenvalue weighted by Gasteiger charge is -2.06. The van der Waals surface area contributed by atoms with Gasteiger partial charge in [-0.1, -0.05) is 15.9 Å². The number of guanidine groups is 1. The normalized spacial score (nSPS) is 11.6. The van der Waals surface area contributed by atoms with Gasteiger partial charge in [0.05, 0.1) is 6.54 Å². The molecule has 0 saturated heterocycles. The molecule has 1 aromatic rings. The van der Waals surface area contributed by atoms with Crippen LogP contribution in [0, 0.1) is 5.82 Å². The van der Waals surface area contributed by atoms with E-state index in [1.165, 1.54) is 12.1 Å². The summed E-state index contributed by atoms with van der Waals surface area (Å²) in [5.74, 6) is 0.0734. The van der Waals surface area contributed by atoms with Gasteiger partial charge in [-0.2, -0.15) is 0 Å². The Kier molecular flexibility index (Phi) is 7.43. The van der Waals surface area contributed by atoms with Gasteiger partial charge in [-0.25, -0.2) is 9.38 Å². The standard InChI is InChI=1S/C13H19BrFN3O/c1-2-19-7-3-6-17-13(16)18-9-10-8-11(15)4-5-12(10)14/h4-5,8H,2-3,6-7,9H2,1H3,(H3,16,17,18). The minimum absolute atomic E-state index is 0.281. The highest BCUT2D eigenvalue weighted by atomic mass is 79.9. The first-order valence-corrected chi connectivity index (χ1v) is 6.98. The van der Waals surface area contributed by atoms with Crippen LogP contribution < -0.4 is 11.1 Å². The molecule has 1 aromatic carbocycles. The van der Waals surface area contributed by atoms with Crippen LogP contribution in [0.5, 0.6) is 0 Å². The highest BCUT2D eigenvalue weighted by Gasteiger charge is 2.01. The van der Waals surface area contributed by atoms with E-state index in [-0.39, 0.29) is 5.82 Å². The van der Waals surface area contributed by atoms with Gasteiger partial charge < -0.3 is 15.8 Å². The van der Waals surface area contributed by atoms with E-state index in [2.05, 4.69) is 26.2 Å². The number of nitrogens with zero attached hydrogens (tertiary/aromatic N) is 1. The van der Waals surface area contributed by atoms with E-state index < -0.39 is 0 Å². The molecule has 0 unspecified atom stereocenters. The van der Waals surface area contributed by atoms with Crippen LogP contribution in [-0.2, 0) is 11.3 Å². The summed E-state index contributed by atoms with van der Waals surface area (Å²) in [6.45, 7) is 4.42. The number of nitrogens with one attached hydrogen (secondary N) is 1. The Morgan fingerprint density at radius 2 is 2.32 bits per heavy atom. The van der Waals surface area contributed by atoms with Crippen LogP contribution in [-0.4, -0.2) is 25.7 Å². The molecule has 1 rings (SSSR count). The minimum atomic E-state index is -0.281. The Bertz CT molecular complexity index is 426. The lowest BCUT2D eigenvalue weighted by Crippen LogP contribution is -2.32. The van der Waals surface area contributed by atoms with Crippen molar-refractivity contribution in [2.75, 3.05) is 19.8 Å². The van der Waals surface area contributed by atoms with Gasteiger partial charge in [0.1, 0.15) is 5.82 Å². The molecule has 0 atom stereocenters. The van der Waals surface area contributed by atoms with Crippen LogP contribution in [0.3, 0.4) is 0 Å². The third kappa shape index (κ3) is 6.54. The first-order valence-electron chi connectivity index (χ1n) is 6.19. The van der Waals surface area contributed by atoms with Gasteiger partial charge in [0.25, 0.3) is 0 Å². The smallest absolute Gasteiger partial charge is 0.188 e. The second-order valence-electron chi connectivity index (χ2n) is 3.91. The Balaban J connectivity index is 2.36. The topological polar surface area (TPSA) is 59.6 Å². The number of nitrogens with two attached hydrogens (primary N) is 1. The summed E-state index contributed by atoms with van der Waals surface area (Å²) in [4.78, 5) is 4.16. The van der Waals surface area contributed by atoms with Crippen LogP contribution in [0.2, 0.25) is 0 Å². The molecule has 0 fully saturated rings. The number of aliphatic imine (C=N–C) groups is 1. The molecule has 0 saturated carbocycles. The highest BCUT2D eigenvalue weighted by Crippen LogP contribution is 2.18. The van der Waals surface area contributed by atoms with Gasteiger partial charge >= 0.3 is 0 Å². The van der Waals surface area contributed by atoms with Gasteiger partial charge in [0, 0.05) is 24.2 Å². The maximum absolute atomic E-state index is 13.1. The van der Waals surface area contributed by atoms with E-state index in [1.54, 1.807) is 6.07 Å². The molecule has 106 valence electrons. The first kappa shape index (κ1) is 15.9. The van der Waals surface area contributed by atoms with E-state index >= 15 is 0 Å². The Labute approximate surface area is 121 Å². The molecular formula is C13H19BrFN3O. The predicted molar refractivity (Wildman–Crippen MR) is 78.5 cm³/mol. The molecule has 0 spiro atoms. The fourth-order valence-corrected chi connectivity index (χ4v) is 1.80. The van der Waals surface area contributed by atoms with Gasteiger partial charge in [0.15, 0.2) is 5.96 Å². The average Bonchev–Trinajstić information content (AvgIpc) is 2.39. The molecule has 0 radical (unpaired) electrons. The predicted octanol–water partition coefficient (Wildman–Crippen LogP) is 2.42. The lowest BCUT2D eigenvalue weighted by atomic mass is 10.2. The van der Waals surface area contributed by atoms with Crippen LogP contribution in [0.25, 0.3) is 0 Å². The quantitative estimate of drug-likeness (QED) is 0.458. The third-order valence-corrected chi connectivity index (χ3v) is 3.18. The second kappa shape index (κ2) is 8.87. The van der Waals surface area contributed by atoms with Gasteiger partial charge in [0.2, 0.25) is 0 Å². The highest BCUT2D eigenvalue weighted by molar-refractivity contribution is 9.10. The van der Waals surface area contributed by atoms with E-state index in [0.717, 1.165) is 23.1 Å². The fourth-order valence-electron chi connectivity index (χ4n) is 1.43. The van der Waals surface area contributed by atoms with Crippen molar-refractivity contribution in [3.8, 4) is 0 Å². The number of benzene rings is 1. The zero-order chi connectivity index (χ0) is 14.1. The first-order chi connectivity index (χ1) is 9.13. The monoisotopic (exact) mass is 331 g/mol. The molecule has 19 heavy (non-hydrogen) atoms. The van der Waals surface area contributed by atoms with E-state index in [1.807, 2.05) is 6.92 Å². The molecule has 3 N–H and O–H groups in total. The van der Waals surface area contributed by atoms with Crippen LogP contribution in [0.1, 0.15) is 18.9 Å². The molecule has 4 nitrogen and oxygen atoms in total. The third-order valence-electron chi connectivity index (χ3n) is 2.40. The molecule has 0 heterocycles. The molecule has 6 heteroatoms. The molecular weight excluding hydrogens is 313 g/mol. The van der Waals surface area contributed by atoms with Crippen molar-refractivity contribution < 1.29 is 9.13 Å². The zero-order valence-electron chi connectivity index (χ0n) is 11.0. The summed E-state index contributed by atoms with van der Waals surface area (Å²) in [6.07, 6.45) is 0.869. The minimum Gasteiger partial charge on any atom is -0.382 e. The largest absolute Gasteiger partial charge is 0.382 e. The van der Waals surface area contributed by atoms with Crippen molar-refractivity contribution in [2.24, 2.45) is 10.7 Å². The number of ether oxygens (including phenoxy) is 1. The number of hydrogen-bond donors (Lipinski definition) is 2. The maximum atomic E-state index is 13.1. The number of rotatable bonds is 7. The second-order valence-corrected chi connectivity index (χ2v) is 4.77. The molecule has 0 aliphatic carbocycles. The SMILES string of the molecule is CCOCCCNC(N)=NCc1cc(F)ccc1Br. The summed E-state index contributed by atoms with van der Waals surface area (Å²) in [5, 5.41) is 2.98. The van der Waals surface area contributed by atoms with Crippen molar-refractivity contribution in [1.82, 2.24) is 5.32 Å². The maximum Gasteiger partial charge on any atom is 0.188 e. The number of halogens is 2. The van der Waals surface area contributed by atoms with Crippen molar-refractivity contribution >= 4 is 21.9 Å². The van der Waals surface area contributed by atoms with Gasteiger partial charge in [-0.15, -0.1) is 0 Å². The Hall–Kier alpha value is -1.14. The van der Waals surface area contributed by atoms with Gasteiger partial charge in [-0.05, 0) is 37.1 Å². The summed E-state index contributed by atoms with van der Waals surface area (Å²) in [6, 6.07) is 4.49. The van der Waals surface area contributed by atoms with Crippen LogP contribution in [0.15, 0.2) is 27.7 Å². The fraction of sp³-hybridized carbons (Fsp3) is 0.462. The molecule has 0 aliphatic heterocycles. The molecule has 0 aliphatic rings. The molecule has 0 aromatic heterocycles. The lowest BCUT2D eigenvalue weighted by molar-refractivity contribution is 0.145. The molecule has 0 bridgehead atoms. The summed E-state index contributed by atoms with van der Waals surface area (Å²) >= 11 is 3.35. The van der Waals surface area contributed by atoms with Crippen LogP contribution >= 0.6 is 15.9 Å². The Morgan fingerprint density at radius 3 is 3.05 bits per heavy atom. The number of hydrogen-bond acceptors (Lipinski definition) is 2. The summed E-state index contributed by atoms with van der Waals surface area (Å²) in [5.41, 5.74) is 6.48. The van der Waals surface area contributed by atoms with Crippen molar-refractivity contribution in [3.05, 3.63) is 34.1 Å².